The van der Waals surface area contributed by atoms with E-state index in [9.17, 15) is 9.59 Å². The number of urea groups is 1. The molecule has 0 atom stereocenters. The van der Waals surface area contributed by atoms with Crippen LogP contribution in [0.2, 0.25) is 0 Å². The van der Waals surface area contributed by atoms with Gasteiger partial charge in [0.25, 0.3) is 5.91 Å². The molecule has 0 spiro atoms. The lowest BCUT2D eigenvalue weighted by atomic mass is 9.99. The van der Waals surface area contributed by atoms with Crippen molar-refractivity contribution in [2.75, 3.05) is 38.1 Å². The molecule has 23 heavy (non-hydrogen) atoms. The highest BCUT2D eigenvalue weighted by Gasteiger charge is 2.17. The Morgan fingerprint density at radius 3 is 2.52 bits per heavy atom. The Bertz CT molecular complexity index is 524. The van der Waals surface area contributed by atoms with Crippen molar-refractivity contribution >= 4 is 17.8 Å². The van der Waals surface area contributed by atoms with Gasteiger partial charge >= 0.3 is 6.03 Å². The summed E-state index contributed by atoms with van der Waals surface area (Å²) in [5.74, 6) is 1.52. The lowest BCUT2D eigenvalue weighted by Gasteiger charge is -2.31. The van der Waals surface area contributed by atoms with Gasteiger partial charge < -0.3 is 20.9 Å². The molecule has 7 nitrogen and oxygen atoms in total. The minimum atomic E-state index is -0.263. The fourth-order valence-electron chi connectivity index (χ4n) is 2.49. The van der Waals surface area contributed by atoms with Crippen LogP contribution in [0.15, 0.2) is 18.3 Å². The molecule has 3 N–H and O–H groups in total. The van der Waals surface area contributed by atoms with Gasteiger partial charge in [0, 0.05) is 39.4 Å². The van der Waals surface area contributed by atoms with Crippen LogP contribution in [-0.4, -0.2) is 50.1 Å². The highest BCUT2D eigenvalue weighted by molar-refractivity contribution is 5.94. The Kier molecular flexibility index (Phi) is 6.19. The van der Waals surface area contributed by atoms with E-state index in [1.54, 1.807) is 19.3 Å². The molecule has 0 unspecified atom stereocenters. The van der Waals surface area contributed by atoms with Crippen molar-refractivity contribution in [1.82, 2.24) is 20.9 Å². The lowest BCUT2D eigenvalue weighted by Crippen LogP contribution is -2.38. The van der Waals surface area contributed by atoms with Crippen molar-refractivity contribution in [2.24, 2.45) is 5.92 Å². The van der Waals surface area contributed by atoms with Crippen molar-refractivity contribution in [1.29, 1.82) is 0 Å². The molecule has 0 bridgehead atoms. The fraction of sp³-hybridized carbons (Fsp3) is 0.562. The molecule has 0 aliphatic carbocycles. The third kappa shape index (κ3) is 5.12. The number of hydrogen-bond acceptors (Lipinski definition) is 4. The first-order valence-corrected chi connectivity index (χ1v) is 8.05. The summed E-state index contributed by atoms with van der Waals surface area (Å²) in [5.41, 5.74) is 0.527. The summed E-state index contributed by atoms with van der Waals surface area (Å²) < 4.78 is 0. The third-order valence-corrected chi connectivity index (χ3v) is 4.04. The number of carbonyl (C=O) groups excluding carboxylic acids is 2. The Labute approximate surface area is 136 Å². The summed E-state index contributed by atoms with van der Waals surface area (Å²) in [6, 6.07) is 3.43. The Balaban J connectivity index is 1.79. The number of amides is 3. The molecular weight excluding hydrogens is 294 g/mol. The molecule has 3 amide bonds. The topological polar surface area (TPSA) is 86.4 Å². The van der Waals surface area contributed by atoms with Gasteiger partial charge in [0.1, 0.15) is 5.82 Å². The van der Waals surface area contributed by atoms with Gasteiger partial charge in [-0.15, -0.1) is 0 Å². The first kappa shape index (κ1) is 17.1. The second kappa shape index (κ2) is 8.36. The molecule has 126 valence electrons. The maximum atomic E-state index is 12.0. The van der Waals surface area contributed by atoms with Crippen LogP contribution < -0.4 is 20.9 Å². The average Bonchev–Trinajstić information content (AvgIpc) is 2.59. The fourth-order valence-corrected chi connectivity index (χ4v) is 2.49. The third-order valence-electron chi connectivity index (χ3n) is 4.04. The second-order valence-corrected chi connectivity index (χ2v) is 5.84. The molecule has 1 aliphatic heterocycles. The Morgan fingerprint density at radius 1 is 1.22 bits per heavy atom. The molecular formula is C16H25N5O2. The van der Waals surface area contributed by atoms with Crippen LogP contribution in [-0.2, 0) is 0 Å². The number of pyridine rings is 1. The van der Waals surface area contributed by atoms with Crippen molar-refractivity contribution in [3.63, 3.8) is 0 Å². The van der Waals surface area contributed by atoms with E-state index in [1.165, 1.54) is 12.8 Å². The van der Waals surface area contributed by atoms with Crippen LogP contribution in [0.5, 0.6) is 0 Å². The first-order valence-electron chi connectivity index (χ1n) is 8.05. The van der Waals surface area contributed by atoms with Gasteiger partial charge in [-0.25, -0.2) is 9.78 Å². The number of nitrogens with zero attached hydrogens (tertiary/aromatic N) is 2. The zero-order chi connectivity index (χ0) is 16.7. The summed E-state index contributed by atoms with van der Waals surface area (Å²) in [5, 5.41) is 7.80. The van der Waals surface area contributed by atoms with Gasteiger partial charge in [-0.1, -0.05) is 6.92 Å². The minimum Gasteiger partial charge on any atom is -0.357 e. The SMILES string of the molecule is CNC(=O)NCCNC(=O)c1ccc(N2CCC(C)CC2)nc1. The summed E-state index contributed by atoms with van der Waals surface area (Å²) >= 11 is 0. The van der Waals surface area contributed by atoms with Gasteiger partial charge in [-0.3, -0.25) is 4.79 Å². The molecule has 2 rings (SSSR count). The summed E-state index contributed by atoms with van der Waals surface area (Å²) in [6.07, 6.45) is 3.97. The first-order chi connectivity index (χ1) is 11.1. The monoisotopic (exact) mass is 319 g/mol. The van der Waals surface area contributed by atoms with E-state index in [1.807, 2.05) is 6.07 Å². The van der Waals surface area contributed by atoms with E-state index in [4.69, 9.17) is 0 Å². The average molecular weight is 319 g/mol. The maximum Gasteiger partial charge on any atom is 0.314 e. The molecule has 1 aliphatic rings. The number of piperidine rings is 1. The van der Waals surface area contributed by atoms with Gasteiger partial charge in [0.2, 0.25) is 0 Å². The predicted molar refractivity (Wildman–Crippen MR) is 89.6 cm³/mol. The number of hydrogen-bond donors (Lipinski definition) is 3. The highest BCUT2D eigenvalue weighted by atomic mass is 16.2. The van der Waals surface area contributed by atoms with Crippen LogP contribution >= 0.6 is 0 Å². The smallest absolute Gasteiger partial charge is 0.314 e. The molecule has 0 aromatic carbocycles. The van der Waals surface area contributed by atoms with Gasteiger partial charge in [-0.2, -0.15) is 0 Å². The van der Waals surface area contributed by atoms with Gasteiger partial charge in [0.05, 0.1) is 5.56 Å². The maximum absolute atomic E-state index is 12.0. The summed E-state index contributed by atoms with van der Waals surface area (Å²) in [6.45, 7) is 5.06. The number of aromatic nitrogens is 1. The van der Waals surface area contributed by atoms with E-state index in [-0.39, 0.29) is 11.9 Å². The number of carbonyl (C=O) groups is 2. The Morgan fingerprint density at radius 2 is 1.91 bits per heavy atom. The Hall–Kier alpha value is -2.31. The molecule has 1 fully saturated rings. The molecule has 1 aromatic rings. The van der Waals surface area contributed by atoms with Crippen LogP contribution in [0.3, 0.4) is 0 Å². The normalized spacial score (nSPS) is 15.1. The largest absolute Gasteiger partial charge is 0.357 e. The van der Waals surface area contributed by atoms with E-state index >= 15 is 0 Å². The molecule has 0 radical (unpaired) electrons. The minimum absolute atomic E-state index is 0.185. The van der Waals surface area contributed by atoms with E-state index in [0.29, 0.717) is 18.7 Å². The molecule has 2 heterocycles. The van der Waals surface area contributed by atoms with Crippen LogP contribution in [0.1, 0.15) is 30.1 Å². The van der Waals surface area contributed by atoms with Crippen LogP contribution in [0.25, 0.3) is 0 Å². The van der Waals surface area contributed by atoms with Crippen molar-refractivity contribution in [3.05, 3.63) is 23.9 Å². The standard InChI is InChI=1S/C16H25N5O2/c1-12-5-9-21(10-6-12)14-4-3-13(11-20-14)15(22)18-7-8-19-16(23)17-2/h3-4,11-12H,5-10H2,1-2H3,(H,18,22)(H2,17,19,23). The van der Waals surface area contributed by atoms with Gasteiger partial charge in [-0.05, 0) is 30.9 Å². The van der Waals surface area contributed by atoms with E-state index < -0.39 is 0 Å². The highest BCUT2D eigenvalue weighted by Crippen LogP contribution is 2.21. The molecule has 0 saturated carbocycles. The zero-order valence-electron chi connectivity index (χ0n) is 13.8. The molecule has 1 saturated heterocycles. The second-order valence-electron chi connectivity index (χ2n) is 5.84. The van der Waals surface area contributed by atoms with Crippen LogP contribution in [0, 0.1) is 5.92 Å². The molecule has 1 aromatic heterocycles. The quantitative estimate of drug-likeness (QED) is 0.706. The van der Waals surface area contributed by atoms with Crippen molar-refractivity contribution in [2.45, 2.75) is 19.8 Å². The summed E-state index contributed by atoms with van der Waals surface area (Å²) in [7, 11) is 1.55. The number of anilines is 1. The van der Waals surface area contributed by atoms with Crippen LogP contribution in [0.4, 0.5) is 10.6 Å². The van der Waals surface area contributed by atoms with Crippen molar-refractivity contribution < 1.29 is 9.59 Å². The predicted octanol–water partition coefficient (Wildman–Crippen LogP) is 0.977. The summed E-state index contributed by atoms with van der Waals surface area (Å²) in [4.78, 5) is 29.6. The van der Waals surface area contributed by atoms with E-state index in [0.717, 1.165) is 24.8 Å². The zero-order valence-corrected chi connectivity index (χ0v) is 13.8. The number of nitrogens with one attached hydrogen (secondary N) is 3. The van der Waals surface area contributed by atoms with Crippen molar-refractivity contribution in [3.8, 4) is 0 Å². The number of rotatable bonds is 5. The lowest BCUT2D eigenvalue weighted by molar-refractivity contribution is 0.0953. The van der Waals surface area contributed by atoms with Gasteiger partial charge in [0.15, 0.2) is 0 Å². The van der Waals surface area contributed by atoms with E-state index in [2.05, 4.69) is 32.8 Å². The molecule has 7 heteroatoms.